The Balaban J connectivity index is 2.75. The molecule has 0 aromatic heterocycles. The Hall–Kier alpha value is -1.35. The molecule has 106 valence electrons. The Labute approximate surface area is 116 Å². The number of rotatable bonds is 5. The lowest BCUT2D eigenvalue weighted by atomic mass is 9.88. The van der Waals surface area contributed by atoms with Gasteiger partial charge in [-0.3, -0.25) is 4.79 Å². The first kappa shape index (κ1) is 15.7. The van der Waals surface area contributed by atoms with Gasteiger partial charge >= 0.3 is 0 Å². The van der Waals surface area contributed by atoms with E-state index in [4.69, 9.17) is 5.73 Å². The van der Waals surface area contributed by atoms with Gasteiger partial charge in [0.15, 0.2) is 0 Å². The largest absolute Gasteiger partial charge is 0.352 e. The van der Waals surface area contributed by atoms with Crippen LogP contribution in [-0.4, -0.2) is 12.5 Å². The number of amides is 1. The Kier molecular flexibility index (Phi) is 5.12. The lowest BCUT2D eigenvalue weighted by Gasteiger charge is -2.23. The van der Waals surface area contributed by atoms with Gasteiger partial charge in [-0.2, -0.15) is 0 Å². The van der Waals surface area contributed by atoms with Gasteiger partial charge in [0.05, 0.1) is 0 Å². The molecule has 3 heteroatoms. The first-order valence-corrected chi connectivity index (χ1v) is 6.83. The van der Waals surface area contributed by atoms with E-state index in [1.165, 1.54) is 22.3 Å². The molecule has 1 aromatic carbocycles. The fourth-order valence-electron chi connectivity index (χ4n) is 2.37. The number of carbonyl (C=O) groups is 1. The summed E-state index contributed by atoms with van der Waals surface area (Å²) in [5.41, 5.74) is 10.1. The zero-order valence-electron chi connectivity index (χ0n) is 12.8. The summed E-state index contributed by atoms with van der Waals surface area (Å²) in [5, 5.41) is 3.03. The lowest BCUT2D eigenvalue weighted by molar-refractivity contribution is -0.129. The molecule has 0 saturated carbocycles. The standard InChI is InChI=1S/C16H26N2O/c1-11-8-12(2)14(13(3)9-11)10-18-15(19)16(4,5)6-7-17/h8-9H,6-7,10,17H2,1-5H3,(H,18,19). The van der Waals surface area contributed by atoms with Crippen LogP contribution in [0.15, 0.2) is 12.1 Å². The zero-order chi connectivity index (χ0) is 14.6. The highest BCUT2D eigenvalue weighted by Crippen LogP contribution is 2.21. The summed E-state index contributed by atoms with van der Waals surface area (Å²) < 4.78 is 0. The molecule has 0 aliphatic rings. The van der Waals surface area contributed by atoms with Crippen molar-refractivity contribution in [3.8, 4) is 0 Å². The molecule has 3 N–H and O–H groups in total. The minimum Gasteiger partial charge on any atom is -0.352 e. The predicted molar refractivity (Wildman–Crippen MR) is 80.0 cm³/mol. The lowest BCUT2D eigenvalue weighted by Crippen LogP contribution is -2.38. The SMILES string of the molecule is Cc1cc(C)c(CNC(=O)C(C)(C)CCN)c(C)c1. The van der Waals surface area contributed by atoms with E-state index in [1.54, 1.807) is 0 Å². The van der Waals surface area contributed by atoms with Crippen LogP contribution in [0, 0.1) is 26.2 Å². The smallest absolute Gasteiger partial charge is 0.225 e. The molecule has 1 amide bonds. The second-order valence-electron chi connectivity index (χ2n) is 5.98. The molecule has 0 aliphatic carbocycles. The van der Waals surface area contributed by atoms with E-state index in [2.05, 4.69) is 38.2 Å². The summed E-state index contributed by atoms with van der Waals surface area (Å²) in [6.07, 6.45) is 0.699. The number of nitrogens with one attached hydrogen (secondary N) is 1. The molecule has 0 aliphatic heterocycles. The van der Waals surface area contributed by atoms with Gasteiger partial charge in [-0.1, -0.05) is 31.5 Å². The summed E-state index contributed by atoms with van der Waals surface area (Å²) in [6, 6.07) is 4.30. The number of carbonyl (C=O) groups excluding carboxylic acids is 1. The van der Waals surface area contributed by atoms with Crippen LogP contribution < -0.4 is 11.1 Å². The number of aryl methyl sites for hydroxylation is 3. The Morgan fingerprint density at radius 1 is 1.21 bits per heavy atom. The number of hydrogen-bond acceptors (Lipinski definition) is 2. The molecular weight excluding hydrogens is 236 g/mol. The van der Waals surface area contributed by atoms with E-state index in [0.29, 0.717) is 19.5 Å². The van der Waals surface area contributed by atoms with Crippen LogP contribution in [-0.2, 0) is 11.3 Å². The quantitative estimate of drug-likeness (QED) is 0.857. The van der Waals surface area contributed by atoms with E-state index in [9.17, 15) is 4.79 Å². The molecule has 0 saturated heterocycles. The maximum atomic E-state index is 12.2. The van der Waals surface area contributed by atoms with E-state index in [1.807, 2.05) is 13.8 Å². The second-order valence-corrected chi connectivity index (χ2v) is 5.98. The molecule has 3 nitrogen and oxygen atoms in total. The molecule has 19 heavy (non-hydrogen) atoms. The van der Waals surface area contributed by atoms with Crippen molar-refractivity contribution in [3.05, 3.63) is 34.4 Å². The maximum Gasteiger partial charge on any atom is 0.225 e. The summed E-state index contributed by atoms with van der Waals surface area (Å²) in [4.78, 5) is 12.2. The molecular formula is C16H26N2O. The van der Waals surface area contributed by atoms with Crippen LogP contribution in [0.3, 0.4) is 0 Å². The summed E-state index contributed by atoms with van der Waals surface area (Å²) in [6.45, 7) is 11.3. The van der Waals surface area contributed by atoms with Crippen molar-refractivity contribution < 1.29 is 4.79 Å². The summed E-state index contributed by atoms with van der Waals surface area (Å²) in [5.74, 6) is 0.0670. The highest BCUT2D eigenvalue weighted by atomic mass is 16.2. The van der Waals surface area contributed by atoms with Gasteiger partial charge in [-0.25, -0.2) is 0 Å². The minimum atomic E-state index is -0.402. The normalized spacial score (nSPS) is 11.5. The van der Waals surface area contributed by atoms with E-state index in [0.717, 1.165) is 0 Å². The second kappa shape index (κ2) is 6.20. The first-order valence-electron chi connectivity index (χ1n) is 6.83. The molecule has 0 radical (unpaired) electrons. The Bertz CT molecular complexity index is 441. The monoisotopic (exact) mass is 262 g/mol. The third-order valence-electron chi connectivity index (χ3n) is 3.65. The van der Waals surface area contributed by atoms with Crippen LogP contribution in [0.1, 0.15) is 42.5 Å². The van der Waals surface area contributed by atoms with Crippen molar-refractivity contribution in [1.82, 2.24) is 5.32 Å². The predicted octanol–water partition coefficient (Wildman–Crippen LogP) is 2.60. The van der Waals surface area contributed by atoms with Crippen LogP contribution in [0.25, 0.3) is 0 Å². The highest BCUT2D eigenvalue weighted by molar-refractivity contribution is 5.81. The summed E-state index contributed by atoms with van der Waals surface area (Å²) in [7, 11) is 0. The number of hydrogen-bond donors (Lipinski definition) is 2. The third-order valence-corrected chi connectivity index (χ3v) is 3.65. The molecule has 1 aromatic rings. The van der Waals surface area contributed by atoms with Gasteiger partial charge in [0.25, 0.3) is 0 Å². The van der Waals surface area contributed by atoms with Gasteiger partial charge in [0, 0.05) is 12.0 Å². The maximum absolute atomic E-state index is 12.2. The van der Waals surface area contributed by atoms with Crippen LogP contribution in [0.2, 0.25) is 0 Å². The van der Waals surface area contributed by atoms with Gasteiger partial charge in [-0.05, 0) is 50.4 Å². The zero-order valence-corrected chi connectivity index (χ0v) is 12.8. The van der Waals surface area contributed by atoms with E-state index < -0.39 is 5.41 Å². The fraction of sp³-hybridized carbons (Fsp3) is 0.562. The molecule has 0 fully saturated rings. The average Bonchev–Trinajstić information content (AvgIpc) is 2.26. The van der Waals surface area contributed by atoms with Gasteiger partial charge in [0.2, 0.25) is 5.91 Å². The van der Waals surface area contributed by atoms with E-state index in [-0.39, 0.29) is 5.91 Å². The third kappa shape index (κ3) is 4.06. The van der Waals surface area contributed by atoms with Crippen molar-refractivity contribution in [2.24, 2.45) is 11.1 Å². The van der Waals surface area contributed by atoms with Crippen molar-refractivity contribution in [2.45, 2.75) is 47.6 Å². The van der Waals surface area contributed by atoms with Gasteiger partial charge in [-0.15, -0.1) is 0 Å². The molecule has 1 rings (SSSR count). The van der Waals surface area contributed by atoms with Crippen LogP contribution in [0.4, 0.5) is 0 Å². The highest BCUT2D eigenvalue weighted by Gasteiger charge is 2.26. The minimum absolute atomic E-state index is 0.0670. The molecule has 0 spiro atoms. The topological polar surface area (TPSA) is 55.1 Å². The number of nitrogens with two attached hydrogens (primary N) is 1. The Morgan fingerprint density at radius 2 is 1.74 bits per heavy atom. The van der Waals surface area contributed by atoms with Crippen molar-refractivity contribution in [2.75, 3.05) is 6.54 Å². The van der Waals surface area contributed by atoms with Crippen LogP contribution >= 0.6 is 0 Å². The van der Waals surface area contributed by atoms with Crippen molar-refractivity contribution >= 4 is 5.91 Å². The molecule has 0 heterocycles. The Morgan fingerprint density at radius 3 is 2.21 bits per heavy atom. The average molecular weight is 262 g/mol. The van der Waals surface area contributed by atoms with Crippen molar-refractivity contribution in [3.63, 3.8) is 0 Å². The molecule has 0 atom stereocenters. The molecule has 0 unspecified atom stereocenters. The number of benzene rings is 1. The summed E-state index contributed by atoms with van der Waals surface area (Å²) >= 11 is 0. The molecule has 0 bridgehead atoms. The first-order chi connectivity index (χ1) is 8.77. The fourth-order valence-corrected chi connectivity index (χ4v) is 2.37. The van der Waals surface area contributed by atoms with Gasteiger partial charge in [0.1, 0.15) is 0 Å². The van der Waals surface area contributed by atoms with Crippen LogP contribution in [0.5, 0.6) is 0 Å². The van der Waals surface area contributed by atoms with Crippen molar-refractivity contribution in [1.29, 1.82) is 0 Å². The van der Waals surface area contributed by atoms with Gasteiger partial charge < -0.3 is 11.1 Å². The van der Waals surface area contributed by atoms with E-state index >= 15 is 0 Å².